The molecule has 0 saturated carbocycles. The van der Waals surface area contributed by atoms with Crippen molar-refractivity contribution in [3.63, 3.8) is 0 Å². The zero-order chi connectivity index (χ0) is 9.52. The van der Waals surface area contributed by atoms with Gasteiger partial charge in [0.25, 0.3) is 5.91 Å². The van der Waals surface area contributed by atoms with Crippen molar-refractivity contribution < 1.29 is 4.79 Å². The monoisotopic (exact) mass is 176 g/mol. The molecule has 0 heterocycles. The molecule has 0 N–H and O–H groups in total. The summed E-state index contributed by atoms with van der Waals surface area (Å²) >= 11 is 0. The molecule has 3 nitrogen and oxygen atoms in total. The van der Waals surface area contributed by atoms with Gasteiger partial charge in [-0.1, -0.05) is 25.1 Å². The standard InChI is InChI=1S/C10H12N2O/c1-2-6-10(13)12-11-9-7-4-3-5-8-9/h3-5,7-8H,2,6H2,1H3. The summed E-state index contributed by atoms with van der Waals surface area (Å²) in [5, 5.41) is 7.37. The summed E-state index contributed by atoms with van der Waals surface area (Å²) in [6, 6.07) is 9.23. The lowest BCUT2D eigenvalue weighted by atomic mass is 10.3. The Hall–Kier alpha value is -1.51. The van der Waals surface area contributed by atoms with Crippen LogP contribution < -0.4 is 0 Å². The highest BCUT2D eigenvalue weighted by Crippen LogP contribution is 2.10. The number of rotatable bonds is 3. The minimum atomic E-state index is -0.161. The van der Waals surface area contributed by atoms with Gasteiger partial charge in [-0.05, 0) is 18.6 Å². The van der Waals surface area contributed by atoms with E-state index in [-0.39, 0.29) is 5.91 Å². The Labute approximate surface area is 77.5 Å². The van der Waals surface area contributed by atoms with Crippen molar-refractivity contribution in [2.24, 2.45) is 10.2 Å². The topological polar surface area (TPSA) is 41.8 Å². The van der Waals surface area contributed by atoms with Crippen LogP contribution in [0.1, 0.15) is 19.8 Å². The number of nitrogens with zero attached hydrogens (tertiary/aromatic N) is 2. The highest BCUT2D eigenvalue weighted by molar-refractivity contribution is 5.76. The van der Waals surface area contributed by atoms with E-state index in [1.54, 1.807) is 0 Å². The highest BCUT2D eigenvalue weighted by Gasteiger charge is 1.95. The molecule has 1 amide bonds. The summed E-state index contributed by atoms with van der Waals surface area (Å²) in [5.41, 5.74) is 0.715. The summed E-state index contributed by atoms with van der Waals surface area (Å²) in [5.74, 6) is -0.161. The summed E-state index contributed by atoms with van der Waals surface area (Å²) in [6.07, 6.45) is 1.28. The molecular weight excluding hydrogens is 164 g/mol. The second-order valence-corrected chi connectivity index (χ2v) is 2.68. The second kappa shape index (κ2) is 5.19. The Morgan fingerprint density at radius 3 is 2.62 bits per heavy atom. The third-order valence-electron chi connectivity index (χ3n) is 1.50. The second-order valence-electron chi connectivity index (χ2n) is 2.68. The van der Waals surface area contributed by atoms with Crippen LogP contribution in [-0.2, 0) is 4.79 Å². The molecular formula is C10H12N2O. The maximum absolute atomic E-state index is 11.0. The first-order chi connectivity index (χ1) is 6.33. The van der Waals surface area contributed by atoms with Gasteiger partial charge in [0.15, 0.2) is 0 Å². The maximum atomic E-state index is 11.0. The predicted molar refractivity (Wildman–Crippen MR) is 50.9 cm³/mol. The Bertz CT molecular complexity index is 293. The van der Waals surface area contributed by atoms with Crippen molar-refractivity contribution in [3.8, 4) is 0 Å². The van der Waals surface area contributed by atoms with Crippen molar-refractivity contribution in [1.82, 2.24) is 0 Å². The molecule has 13 heavy (non-hydrogen) atoms. The first kappa shape index (κ1) is 9.58. The molecule has 68 valence electrons. The first-order valence-corrected chi connectivity index (χ1v) is 4.32. The minimum absolute atomic E-state index is 0.161. The van der Waals surface area contributed by atoms with Crippen LogP contribution in [0.4, 0.5) is 5.69 Å². The molecule has 0 aliphatic rings. The SMILES string of the molecule is CCCC(=O)N=Nc1ccccc1. The van der Waals surface area contributed by atoms with Gasteiger partial charge in [-0.3, -0.25) is 4.79 Å². The number of azo groups is 1. The summed E-state index contributed by atoms with van der Waals surface area (Å²) < 4.78 is 0. The van der Waals surface area contributed by atoms with Gasteiger partial charge in [0, 0.05) is 6.42 Å². The van der Waals surface area contributed by atoms with Crippen LogP contribution in [0.5, 0.6) is 0 Å². The van der Waals surface area contributed by atoms with Crippen LogP contribution >= 0.6 is 0 Å². The Morgan fingerprint density at radius 1 is 1.31 bits per heavy atom. The van der Waals surface area contributed by atoms with Crippen molar-refractivity contribution in [3.05, 3.63) is 30.3 Å². The molecule has 0 spiro atoms. The summed E-state index contributed by atoms with van der Waals surface area (Å²) in [7, 11) is 0. The van der Waals surface area contributed by atoms with Gasteiger partial charge in [-0.15, -0.1) is 10.2 Å². The van der Waals surface area contributed by atoms with Gasteiger partial charge in [-0.25, -0.2) is 0 Å². The van der Waals surface area contributed by atoms with E-state index in [0.29, 0.717) is 12.1 Å². The summed E-state index contributed by atoms with van der Waals surface area (Å²) in [4.78, 5) is 11.0. The van der Waals surface area contributed by atoms with Crippen molar-refractivity contribution in [1.29, 1.82) is 0 Å². The normalized spacial score (nSPS) is 10.5. The largest absolute Gasteiger partial charge is 0.271 e. The van der Waals surface area contributed by atoms with E-state index in [9.17, 15) is 4.79 Å². The number of hydrogen-bond donors (Lipinski definition) is 0. The number of carbonyl (C=O) groups excluding carboxylic acids is 1. The van der Waals surface area contributed by atoms with Crippen molar-refractivity contribution in [2.75, 3.05) is 0 Å². The van der Waals surface area contributed by atoms with Gasteiger partial charge < -0.3 is 0 Å². The number of hydrogen-bond acceptors (Lipinski definition) is 2. The molecule has 0 unspecified atom stereocenters. The zero-order valence-electron chi connectivity index (χ0n) is 7.60. The fourth-order valence-corrected chi connectivity index (χ4v) is 0.872. The van der Waals surface area contributed by atoms with Gasteiger partial charge in [-0.2, -0.15) is 0 Å². The van der Waals surface area contributed by atoms with Gasteiger partial charge >= 0.3 is 0 Å². The van der Waals surface area contributed by atoms with Gasteiger partial charge in [0.1, 0.15) is 0 Å². The minimum Gasteiger partial charge on any atom is -0.271 e. The van der Waals surface area contributed by atoms with E-state index in [1.165, 1.54) is 0 Å². The molecule has 0 radical (unpaired) electrons. The van der Waals surface area contributed by atoms with Crippen LogP contribution in [0.2, 0.25) is 0 Å². The molecule has 0 aliphatic heterocycles. The highest BCUT2D eigenvalue weighted by atomic mass is 16.1. The van der Waals surface area contributed by atoms with E-state index in [2.05, 4.69) is 10.2 Å². The quantitative estimate of drug-likeness (QED) is 0.652. The lowest BCUT2D eigenvalue weighted by Crippen LogP contribution is -1.88. The molecule has 0 saturated heterocycles. The molecule has 0 atom stereocenters. The molecule has 0 aliphatic carbocycles. The maximum Gasteiger partial charge on any atom is 0.264 e. The number of amides is 1. The van der Waals surface area contributed by atoms with Crippen molar-refractivity contribution in [2.45, 2.75) is 19.8 Å². The van der Waals surface area contributed by atoms with E-state index < -0.39 is 0 Å². The van der Waals surface area contributed by atoms with Crippen LogP contribution in [0.15, 0.2) is 40.6 Å². The first-order valence-electron chi connectivity index (χ1n) is 4.32. The van der Waals surface area contributed by atoms with E-state index in [0.717, 1.165) is 6.42 Å². The summed E-state index contributed by atoms with van der Waals surface area (Å²) in [6.45, 7) is 1.94. The Kier molecular flexibility index (Phi) is 3.82. The third kappa shape index (κ3) is 3.60. The van der Waals surface area contributed by atoms with Crippen LogP contribution in [0.25, 0.3) is 0 Å². The van der Waals surface area contributed by atoms with Crippen LogP contribution in [-0.4, -0.2) is 5.91 Å². The number of carbonyl (C=O) groups is 1. The fraction of sp³-hybridized carbons (Fsp3) is 0.300. The molecule has 0 aromatic heterocycles. The zero-order valence-corrected chi connectivity index (χ0v) is 7.60. The van der Waals surface area contributed by atoms with Crippen LogP contribution in [0, 0.1) is 0 Å². The molecule has 0 fully saturated rings. The van der Waals surface area contributed by atoms with Gasteiger partial charge in [0.2, 0.25) is 0 Å². The molecule has 1 aromatic carbocycles. The average molecular weight is 176 g/mol. The lowest BCUT2D eigenvalue weighted by Gasteiger charge is -1.89. The Morgan fingerprint density at radius 2 is 2.00 bits per heavy atom. The van der Waals surface area contributed by atoms with E-state index >= 15 is 0 Å². The van der Waals surface area contributed by atoms with Crippen LogP contribution in [0.3, 0.4) is 0 Å². The Balaban J connectivity index is 2.54. The average Bonchev–Trinajstić information content (AvgIpc) is 2.17. The predicted octanol–water partition coefficient (Wildman–Crippen LogP) is 3.10. The van der Waals surface area contributed by atoms with E-state index in [4.69, 9.17) is 0 Å². The third-order valence-corrected chi connectivity index (χ3v) is 1.50. The molecule has 1 aromatic rings. The molecule has 0 bridgehead atoms. The number of benzene rings is 1. The fourth-order valence-electron chi connectivity index (χ4n) is 0.872. The molecule has 3 heteroatoms. The smallest absolute Gasteiger partial charge is 0.264 e. The molecule has 1 rings (SSSR count). The van der Waals surface area contributed by atoms with E-state index in [1.807, 2.05) is 37.3 Å². The van der Waals surface area contributed by atoms with Gasteiger partial charge in [0.05, 0.1) is 5.69 Å². The lowest BCUT2D eigenvalue weighted by molar-refractivity contribution is -0.118. The van der Waals surface area contributed by atoms with Crippen molar-refractivity contribution >= 4 is 11.6 Å².